The van der Waals surface area contributed by atoms with E-state index in [0.29, 0.717) is 25.1 Å². The molecular formula is C24H30N4O3. The number of likely N-dealkylation sites (N-methyl/N-ethyl adjacent to an activating group) is 1. The standard InChI is InChI=1S/C24H30N4O3/c1-3-16-12-18(4-5-19(16)14-25)17-6-10-28(11-7-17)23(30)21-20(22(29)26-31)13-24(8-9-24)15-27(21)2/h4-6,12,20-21,31H,3,7-11,13,15H2,1-2H3,(H,26,29). The van der Waals surface area contributed by atoms with Crippen LogP contribution in [0.1, 0.15) is 49.3 Å². The van der Waals surface area contributed by atoms with Crippen molar-refractivity contribution < 1.29 is 14.8 Å². The van der Waals surface area contributed by atoms with E-state index in [4.69, 9.17) is 0 Å². The number of piperidine rings is 1. The topological polar surface area (TPSA) is 96.7 Å². The van der Waals surface area contributed by atoms with Crippen LogP contribution in [0, 0.1) is 22.7 Å². The number of hydroxylamine groups is 1. The quantitative estimate of drug-likeness (QED) is 0.574. The Labute approximate surface area is 183 Å². The zero-order chi connectivity index (χ0) is 22.2. The Bertz CT molecular complexity index is 960. The summed E-state index contributed by atoms with van der Waals surface area (Å²) in [6, 6.07) is 7.62. The van der Waals surface area contributed by atoms with Gasteiger partial charge in [0, 0.05) is 19.6 Å². The molecule has 2 amide bonds. The van der Waals surface area contributed by atoms with E-state index in [1.807, 2.05) is 35.9 Å². The summed E-state index contributed by atoms with van der Waals surface area (Å²) in [4.78, 5) is 29.6. The van der Waals surface area contributed by atoms with Gasteiger partial charge >= 0.3 is 0 Å². The maximum Gasteiger partial charge on any atom is 0.248 e. The third-order valence-electron chi connectivity index (χ3n) is 7.25. The van der Waals surface area contributed by atoms with Crippen molar-refractivity contribution >= 4 is 17.4 Å². The molecule has 0 aromatic heterocycles. The van der Waals surface area contributed by atoms with Crippen LogP contribution in [0.5, 0.6) is 0 Å². The summed E-state index contributed by atoms with van der Waals surface area (Å²) in [7, 11) is 1.91. The lowest BCUT2D eigenvalue weighted by Crippen LogP contribution is -2.59. The van der Waals surface area contributed by atoms with Crippen LogP contribution in [-0.2, 0) is 16.0 Å². The van der Waals surface area contributed by atoms with Gasteiger partial charge in [-0.2, -0.15) is 5.26 Å². The van der Waals surface area contributed by atoms with E-state index < -0.39 is 17.9 Å². The lowest BCUT2D eigenvalue weighted by molar-refractivity contribution is -0.150. The molecule has 1 aromatic rings. The van der Waals surface area contributed by atoms with Crippen molar-refractivity contribution in [2.45, 2.75) is 45.1 Å². The molecule has 2 N–H and O–H groups in total. The van der Waals surface area contributed by atoms with E-state index in [-0.39, 0.29) is 11.3 Å². The Morgan fingerprint density at radius 1 is 1.35 bits per heavy atom. The molecule has 2 heterocycles. The van der Waals surface area contributed by atoms with Gasteiger partial charge in [0.05, 0.1) is 17.6 Å². The molecule has 164 valence electrons. The lowest BCUT2D eigenvalue weighted by Gasteiger charge is -2.43. The molecule has 2 unspecified atom stereocenters. The number of hydrogen-bond donors (Lipinski definition) is 2. The number of hydrogen-bond acceptors (Lipinski definition) is 5. The van der Waals surface area contributed by atoms with Gasteiger partial charge in [0.15, 0.2) is 0 Å². The average Bonchev–Trinajstić information content (AvgIpc) is 3.55. The fourth-order valence-corrected chi connectivity index (χ4v) is 5.31. The van der Waals surface area contributed by atoms with Crippen molar-refractivity contribution in [1.29, 1.82) is 5.26 Å². The van der Waals surface area contributed by atoms with Gasteiger partial charge in [-0.05, 0) is 67.3 Å². The predicted octanol–water partition coefficient (Wildman–Crippen LogP) is 2.34. The van der Waals surface area contributed by atoms with E-state index >= 15 is 0 Å². The van der Waals surface area contributed by atoms with Crippen LogP contribution in [-0.4, -0.2) is 59.5 Å². The maximum absolute atomic E-state index is 13.4. The van der Waals surface area contributed by atoms with Crippen molar-refractivity contribution in [3.05, 3.63) is 41.0 Å². The van der Waals surface area contributed by atoms with Gasteiger partial charge in [0.1, 0.15) is 6.04 Å². The smallest absolute Gasteiger partial charge is 0.248 e. The molecule has 7 nitrogen and oxygen atoms in total. The van der Waals surface area contributed by atoms with Gasteiger partial charge in [-0.25, -0.2) is 5.48 Å². The van der Waals surface area contributed by atoms with Gasteiger partial charge in [-0.1, -0.05) is 25.1 Å². The number of likely N-dealkylation sites (tertiary alicyclic amines) is 1. The number of nitrogens with one attached hydrogen (secondary N) is 1. The van der Waals surface area contributed by atoms with E-state index in [0.717, 1.165) is 43.4 Å². The summed E-state index contributed by atoms with van der Waals surface area (Å²) < 4.78 is 0. The Hall–Kier alpha value is -2.69. The largest absolute Gasteiger partial charge is 0.337 e. The fourth-order valence-electron chi connectivity index (χ4n) is 5.31. The molecule has 31 heavy (non-hydrogen) atoms. The maximum atomic E-state index is 13.4. The molecule has 1 aromatic carbocycles. The third kappa shape index (κ3) is 4.10. The van der Waals surface area contributed by atoms with Crippen LogP contribution in [0.4, 0.5) is 0 Å². The number of carbonyl (C=O) groups excluding carboxylic acids is 2. The molecular weight excluding hydrogens is 392 g/mol. The summed E-state index contributed by atoms with van der Waals surface area (Å²) in [5.74, 6) is -1.04. The number of amides is 2. The molecule has 2 atom stereocenters. The first kappa shape index (κ1) is 21.5. The summed E-state index contributed by atoms with van der Waals surface area (Å²) in [5.41, 5.74) is 5.95. The average molecular weight is 423 g/mol. The molecule has 2 fully saturated rings. The SMILES string of the molecule is CCc1cc(C2=CCN(C(=O)C3C(C(=O)NO)CC4(CC4)CN3C)CC2)ccc1C#N. The lowest BCUT2D eigenvalue weighted by atomic mass is 9.80. The number of rotatable bonds is 4. The second-order valence-corrected chi connectivity index (χ2v) is 9.25. The highest BCUT2D eigenvalue weighted by Gasteiger charge is 2.55. The van der Waals surface area contributed by atoms with E-state index in [2.05, 4.69) is 18.2 Å². The second-order valence-electron chi connectivity index (χ2n) is 9.25. The van der Waals surface area contributed by atoms with Crippen molar-refractivity contribution in [3.8, 4) is 6.07 Å². The number of aryl methyl sites for hydroxylation is 1. The summed E-state index contributed by atoms with van der Waals surface area (Å²) in [5, 5.41) is 18.5. The molecule has 0 radical (unpaired) electrons. The molecule has 1 spiro atoms. The number of nitrogens with zero attached hydrogens (tertiary/aromatic N) is 3. The van der Waals surface area contributed by atoms with Crippen molar-refractivity contribution in [1.82, 2.24) is 15.3 Å². The Kier molecular flexibility index (Phi) is 5.87. The molecule has 1 saturated carbocycles. The molecule has 1 saturated heterocycles. The number of carbonyl (C=O) groups is 2. The molecule has 4 rings (SSSR count). The van der Waals surface area contributed by atoms with Crippen LogP contribution in [0.2, 0.25) is 0 Å². The van der Waals surface area contributed by atoms with Gasteiger partial charge in [0.2, 0.25) is 11.8 Å². The second kappa shape index (κ2) is 8.45. The first-order valence-corrected chi connectivity index (χ1v) is 11.1. The molecule has 2 aliphatic heterocycles. The van der Waals surface area contributed by atoms with Gasteiger partial charge in [-0.3, -0.25) is 19.7 Å². The third-order valence-corrected chi connectivity index (χ3v) is 7.25. The Morgan fingerprint density at radius 2 is 2.13 bits per heavy atom. The van der Waals surface area contributed by atoms with Crippen molar-refractivity contribution in [2.75, 3.05) is 26.7 Å². The fraction of sp³-hybridized carbons (Fsp3) is 0.542. The molecule has 3 aliphatic rings. The van der Waals surface area contributed by atoms with Crippen LogP contribution in [0.3, 0.4) is 0 Å². The highest BCUT2D eigenvalue weighted by atomic mass is 16.5. The summed E-state index contributed by atoms with van der Waals surface area (Å²) >= 11 is 0. The van der Waals surface area contributed by atoms with Crippen LogP contribution in [0.25, 0.3) is 5.57 Å². The van der Waals surface area contributed by atoms with Crippen LogP contribution >= 0.6 is 0 Å². The molecule has 7 heteroatoms. The highest BCUT2D eigenvalue weighted by molar-refractivity contribution is 5.90. The first-order valence-electron chi connectivity index (χ1n) is 11.1. The minimum Gasteiger partial charge on any atom is -0.337 e. The monoisotopic (exact) mass is 422 g/mol. The first-order chi connectivity index (χ1) is 14.9. The van der Waals surface area contributed by atoms with Gasteiger partial charge in [0.25, 0.3) is 0 Å². The molecule has 1 aliphatic carbocycles. The summed E-state index contributed by atoms with van der Waals surface area (Å²) in [6.07, 6.45) is 6.42. The van der Waals surface area contributed by atoms with E-state index in [1.54, 1.807) is 5.48 Å². The van der Waals surface area contributed by atoms with Crippen molar-refractivity contribution in [2.24, 2.45) is 11.3 Å². The normalized spacial score (nSPS) is 25.0. The molecule has 0 bridgehead atoms. The van der Waals surface area contributed by atoms with E-state index in [9.17, 15) is 20.1 Å². The Balaban J connectivity index is 1.50. The Morgan fingerprint density at radius 3 is 2.71 bits per heavy atom. The zero-order valence-corrected chi connectivity index (χ0v) is 18.2. The number of benzene rings is 1. The summed E-state index contributed by atoms with van der Waals surface area (Å²) in [6.45, 7) is 3.95. The highest BCUT2D eigenvalue weighted by Crippen LogP contribution is 2.54. The van der Waals surface area contributed by atoms with Crippen molar-refractivity contribution in [3.63, 3.8) is 0 Å². The predicted molar refractivity (Wildman–Crippen MR) is 116 cm³/mol. The van der Waals surface area contributed by atoms with Gasteiger partial charge < -0.3 is 4.90 Å². The zero-order valence-electron chi connectivity index (χ0n) is 18.2. The van der Waals surface area contributed by atoms with Crippen LogP contribution < -0.4 is 5.48 Å². The number of nitriles is 1. The minimum absolute atomic E-state index is 0.0454. The van der Waals surface area contributed by atoms with Crippen LogP contribution in [0.15, 0.2) is 24.3 Å². The minimum atomic E-state index is -0.546. The van der Waals surface area contributed by atoms with E-state index in [1.165, 1.54) is 5.57 Å². The van der Waals surface area contributed by atoms with Gasteiger partial charge in [-0.15, -0.1) is 0 Å².